The Bertz CT molecular complexity index is 319. The Balaban J connectivity index is 2.11. The number of allylic oxidation sites excluding steroid dienone is 1. The van der Waals surface area contributed by atoms with Gasteiger partial charge in [-0.2, -0.15) is 0 Å². The largest absolute Gasteiger partial charge is 0.466 e. The van der Waals surface area contributed by atoms with E-state index in [0.29, 0.717) is 6.61 Å². The van der Waals surface area contributed by atoms with Gasteiger partial charge in [0.2, 0.25) is 0 Å². The Kier molecular flexibility index (Phi) is 3.83. The normalized spacial score (nSPS) is 20.3. The molecule has 0 aromatic carbocycles. The Labute approximate surface area is 97.3 Å². The summed E-state index contributed by atoms with van der Waals surface area (Å²) in [7, 11) is 0. The van der Waals surface area contributed by atoms with Crippen LogP contribution in [0.2, 0.25) is 0 Å². The van der Waals surface area contributed by atoms with Crippen molar-refractivity contribution in [2.45, 2.75) is 44.6 Å². The molecule has 0 radical (unpaired) electrons. The van der Waals surface area contributed by atoms with Gasteiger partial charge in [-0.25, -0.2) is 0 Å². The van der Waals surface area contributed by atoms with E-state index < -0.39 is 0 Å². The van der Waals surface area contributed by atoms with Gasteiger partial charge in [-0.3, -0.25) is 0 Å². The highest BCUT2D eigenvalue weighted by atomic mass is 16.5. The van der Waals surface area contributed by atoms with Gasteiger partial charge in [-0.15, -0.1) is 0 Å². The summed E-state index contributed by atoms with van der Waals surface area (Å²) in [6.45, 7) is 2.70. The van der Waals surface area contributed by atoms with E-state index in [4.69, 9.17) is 9.15 Å². The fraction of sp³-hybridized carbons (Fsp3) is 0.571. The lowest BCUT2D eigenvalue weighted by molar-refractivity contribution is -0.0776. The van der Waals surface area contributed by atoms with Crippen molar-refractivity contribution in [3.8, 4) is 0 Å². The van der Waals surface area contributed by atoms with Crippen molar-refractivity contribution in [3.63, 3.8) is 0 Å². The molecule has 2 rings (SSSR count). The van der Waals surface area contributed by atoms with Crippen molar-refractivity contribution in [2.75, 3.05) is 6.61 Å². The van der Waals surface area contributed by atoms with E-state index in [0.717, 1.165) is 18.6 Å². The van der Waals surface area contributed by atoms with Gasteiger partial charge in [0.1, 0.15) is 11.4 Å². The molecule has 0 saturated heterocycles. The molecule has 1 aromatic heterocycles. The van der Waals surface area contributed by atoms with Crippen molar-refractivity contribution >= 4 is 0 Å². The first-order valence-electron chi connectivity index (χ1n) is 6.16. The van der Waals surface area contributed by atoms with Gasteiger partial charge < -0.3 is 9.15 Å². The predicted octanol–water partition coefficient (Wildman–Crippen LogP) is 4.03. The molecule has 1 heterocycles. The number of furan rings is 1. The van der Waals surface area contributed by atoms with Crippen LogP contribution >= 0.6 is 0 Å². The van der Waals surface area contributed by atoms with Gasteiger partial charge in [-0.05, 0) is 31.9 Å². The van der Waals surface area contributed by atoms with Gasteiger partial charge in [-0.1, -0.05) is 31.4 Å². The monoisotopic (exact) mass is 220 g/mol. The zero-order valence-corrected chi connectivity index (χ0v) is 9.95. The number of rotatable bonds is 4. The van der Waals surface area contributed by atoms with E-state index >= 15 is 0 Å². The average molecular weight is 220 g/mol. The molecule has 0 spiro atoms. The Morgan fingerprint density at radius 3 is 2.81 bits per heavy atom. The van der Waals surface area contributed by atoms with Gasteiger partial charge in [0.25, 0.3) is 0 Å². The standard InChI is InChI=1S/C14H20O2/c1-2-3-12-16-14(9-5-4-6-10-14)13-8-7-11-15-13/h2-3,7-8,11H,4-6,9-10,12H2,1H3/b3-2+. The highest BCUT2D eigenvalue weighted by Gasteiger charge is 2.37. The summed E-state index contributed by atoms with van der Waals surface area (Å²) in [5, 5.41) is 0. The molecule has 2 nitrogen and oxygen atoms in total. The fourth-order valence-corrected chi connectivity index (χ4v) is 2.43. The Morgan fingerprint density at radius 2 is 2.19 bits per heavy atom. The summed E-state index contributed by atoms with van der Waals surface area (Å²) in [5.74, 6) is 0.997. The van der Waals surface area contributed by atoms with Gasteiger partial charge in [0.15, 0.2) is 0 Å². The summed E-state index contributed by atoms with van der Waals surface area (Å²) in [5.41, 5.74) is -0.165. The quantitative estimate of drug-likeness (QED) is 0.715. The minimum Gasteiger partial charge on any atom is -0.466 e. The Morgan fingerprint density at radius 1 is 1.38 bits per heavy atom. The van der Waals surface area contributed by atoms with Crippen molar-refractivity contribution in [3.05, 3.63) is 36.3 Å². The van der Waals surface area contributed by atoms with Crippen LogP contribution in [0.15, 0.2) is 35.0 Å². The molecule has 0 atom stereocenters. The minimum atomic E-state index is -0.165. The molecule has 1 aromatic rings. The van der Waals surface area contributed by atoms with E-state index in [2.05, 4.69) is 6.08 Å². The van der Waals surface area contributed by atoms with E-state index in [1.807, 2.05) is 25.1 Å². The highest BCUT2D eigenvalue weighted by molar-refractivity contribution is 5.11. The van der Waals surface area contributed by atoms with Crippen molar-refractivity contribution in [1.29, 1.82) is 0 Å². The third-order valence-corrected chi connectivity index (χ3v) is 3.32. The van der Waals surface area contributed by atoms with Crippen LogP contribution in [0.4, 0.5) is 0 Å². The molecule has 0 unspecified atom stereocenters. The first-order valence-corrected chi connectivity index (χ1v) is 6.16. The van der Waals surface area contributed by atoms with Crippen LogP contribution < -0.4 is 0 Å². The second-order valence-corrected chi connectivity index (χ2v) is 4.41. The maximum atomic E-state index is 6.07. The van der Waals surface area contributed by atoms with E-state index in [1.165, 1.54) is 19.3 Å². The van der Waals surface area contributed by atoms with E-state index in [9.17, 15) is 0 Å². The summed E-state index contributed by atoms with van der Waals surface area (Å²) in [4.78, 5) is 0. The topological polar surface area (TPSA) is 22.4 Å². The lowest BCUT2D eigenvalue weighted by Gasteiger charge is -2.35. The molecule has 0 N–H and O–H groups in total. The summed E-state index contributed by atoms with van der Waals surface area (Å²) in [6, 6.07) is 3.99. The number of ether oxygens (including phenoxy) is 1. The molecule has 1 fully saturated rings. The molecule has 0 amide bonds. The van der Waals surface area contributed by atoms with Gasteiger partial charge in [0.05, 0.1) is 12.9 Å². The molecule has 1 aliphatic carbocycles. The smallest absolute Gasteiger partial charge is 0.135 e. The zero-order valence-electron chi connectivity index (χ0n) is 9.95. The Hall–Kier alpha value is -1.02. The van der Waals surface area contributed by atoms with Crippen LogP contribution in [-0.4, -0.2) is 6.61 Å². The number of hydrogen-bond donors (Lipinski definition) is 0. The molecular formula is C14H20O2. The molecular weight excluding hydrogens is 200 g/mol. The van der Waals surface area contributed by atoms with Gasteiger partial charge >= 0.3 is 0 Å². The van der Waals surface area contributed by atoms with Crippen molar-refractivity contribution in [2.24, 2.45) is 0 Å². The first kappa shape index (κ1) is 11.5. The lowest BCUT2D eigenvalue weighted by Crippen LogP contribution is -2.32. The second kappa shape index (κ2) is 5.35. The molecule has 2 heteroatoms. The zero-order chi connectivity index (χ0) is 11.3. The molecule has 1 aliphatic rings. The SMILES string of the molecule is C/C=C/COC1(c2ccco2)CCCCC1. The van der Waals surface area contributed by atoms with Crippen LogP contribution in [0.5, 0.6) is 0 Å². The summed E-state index contributed by atoms with van der Waals surface area (Å²) < 4.78 is 11.6. The molecule has 1 saturated carbocycles. The van der Waals surface area contributed by atoms with Crippen LogP contribution in [0.25, 0.3) is 0 Å². The van der Waals surface area contributed by atoms with Crippen LogP contribution in [0.1, 0.15) is 44.8 Å². The lowest BCUT2D eigenvalue weighted by atomic mass is 9.83. The predicted molar refractivity (Wildman–Crippen MR) is 64.2 cm³/mol. The molecule has 88 valence electrons. The maximum absolute atomic E-state index is 6.07. The third-order valence-electron chi connectivity index (χ3n) is 3.32. The van der Waals surface area contributed by atoms with Crippen LogP contribution in [-0.2, 0) is 10.3 Å². The minimum absolute atomic E-state index is 0.165. The fourth-order valence-electron chi connectivity index (χ4n) is 2.43. The second-order valence-electron chi connectivity index (χ2n) is 4.41. The maximum Gasteiger partial charge on any atom is 0.135 e. The van der Waals surface area contributed by atoms with Crippen LogP contribution in [0.3, 0.4) is 0 Å². The van der Waals surface area contributed by atoms with E-state index in [1.54, 1.807) is 6.26 Å². The molecule has 0 bridgehead atoms. The summed E-state index contributed by atoms with van der Waals surface area (Å²) in [6.07, 6.45) is 11.8. The third kappa shape index (κ3) is 2.38. The van der Waals surface area contributed by atoms with Crippen molar-refractivity contribution < 1.29 is 9.15 Å². The van der Waals surface area contributed by atoms with Gasteiger partial charge in [0, 0.05) is 0 Å². The molecule has 0 aliphatic heterocycles. The molecule has 16 heavy (non-hydrogen) atoms. The van der Waals surface area contributed by atoms with Crippen LogP contribution in [0, 0.1) is 0 Å². The van der Waals surface area contributed by atoms with Crippen molar-refractivity contribution in [1.82, 2.24) is 0 Å². The first-order chi connectivity index (χ1) is 7.87. The highest BCUT2D eigenvalue weighted by Crippen LogP contribution is 2.40. The number of hydrogen-bond acceptors (Lipinski definition) is 2. The van der Waals surface area contributed by atoms with E-state index in [-0.39, 0.29) is 5.60 Å². The average Bonchev–Trinajstić information content (AvgIpc) is 2.85. The summed E-state index contributed by atoms with van der Waals surface area (Å²) >= 11 is 0.